The molecule has 0 bridgehead atoms. The molecule has 0 rings (SSSR count). The van der Waals surface area contributed by atoms with E-state index in [0.717, 1.165) is 25.7 Å². The number of amides is 2. The molecule has 0 aromatic rings. The van der Waals surface area contributed by atoms with E-state index in [2.05, 4.69) is 23.3 Å². The lowest BCUT2D eigenvalue weighted by Crippen LogP contribution is -2.13. The van der Waals surface area contributed by atoms with Gasteiger partial charge in [-0.05, 0) is 12.8 Å². The second-order valence-electron chi connectivity index (χ2n) is 7.87. The molecule has 0 radical (unpaired) electrons. The predicted molar refractivity (Wildman–Crippen MR) is 149 cm³/mol. The maximum atomic E-state index is 11.8. The zero-order chi connectivity index (χ0) is 22.8. The molecule has 0 spiro atoms. The van der Waals surface area contributed by atoms with Gasteiger partial charge in [0, 0.05) is 64.3 Å². The largest absolute Gasteiger partial charge is 0.290 e. The zero-order valence-corrected chi connectivity index (χ0v) is 23.7. The van der Waals surface area contributed by atoms with Gasteiger partial charge in [0.05, 0.1) is 0 Å². The predicted octanol–water partition coefficient (Wildman–Crippen LogP) is 9.44. The highest BCUT2D eigenvalue weighted by molar-refractivity contribution is 9.35. The third-order valence-electron chi connectivity index (χ3n) is 4.95. The second-order valence-corrected chi connectivity index (χ2v) is 14.9. The van der Waals surface area contributed by atoms with Gasteiger partial charge in [0.1, 0.15) is 0 Å². The molecule has 2 amide bonds. The highest BCUT2D eigenvalue weighted by atomic mass is 33.8. The van der Waals surface area contributed by atoms with Crippen molar-refractivity contribution >= 4 is 63.3 Å². The van der Waals surface area contributed by atoms with Crippen LogP contribution < -0.4 is 9.44 Å². The molecule has 0 atom stereocenters. The molecule has 4 nitrogen and oxygen atoms in total. The monoisotopic (exact) mass is 528 g/mol. The summed E-state index contributed by atoms with van der Waals surface area (Å²) in [6.45, 7) is 4.48. The number of hydrogen-bond donors (Lipinski definition) is 2. The van der Waals surface area contributed by atoms with Crippen LogP contribution in [0.2, 0.25) is 0 Å². The number of nitrogens with one attached hydrogen (secondary N) is 2. The fourth-order valence-electron chi connectivity index (χ4n) is 3.11. The van der Waals surface area contributed by atoms with Gasteiger partial charge in [-0.2, -0.15) is 0 Å². The third-order valence-corrected chi connectivity index (χ3v) is 12.3. The lowest BCUT2D eigenvalue weighted by atomic mass is 10.1. The number of rotatable bonds is 24. The Balaban J connectivity index is 3.26. The van der Waals surface area contributed by atoms with E-state index in [0.29, 0.717) is 12.8 Å². The van der Waals surface area contributed by atoms with Gasteiger partial charge in [-0.1, -0.05) is 104 Å². The Bertz CT molecular complexity index is 381. The van der Waals surface area contributed by atoms with Gasteiger partial charge in [-0.25, -0.2) is 0 Å². The molecular weight excluding hydrogens is 485 g/mol. The molecule has 0 unspecified atom stereocenters. The Morgan fingerprint density at radius 1 is 0.484 bits per heavy atom. The summed E-state index contributed by atoms with van der Waals surface area (Å²) in [7, 11) is 7.29. The van der Waals surface area contributed by atoms with Crippen LogP contribution in [0.1, 0.15) is 129 Å². The highest BCUT2D eigenvalue weighted by Gasteiger charge is 2.04. The topological polar surface area (TPSA) is 58.2 Å². The maximum Gasteiger partial charge on any atom is 0.230 e. The van der Waals surface area contributed by atoms with Crippen LogP contribution in [0.5, 0.6) is 0 Å². The van der Waals surface area contributed by atoms with Crippen molar-refractivity contribution in [2.24, 2.45) is 0 Å². The molecule has 0 aliphatic carbocycles. The smallest absolute Gasteiger partial charge is 0.230 e. The van der Waals surface area contributed by atoms with Crippen LogP contribution in [0.4, 0.5) is 0 Å². The van der Waals surface area contributed by atoms with Crippen LogP contribution in [-0.4, -0.2) is 11.8 Å². The van der Waals surface area contributed by atoms with Crippen molar-refractivity contribution in [3.05, 3.63) is 0 Å². The molecule has 0 aliphatic heterocycles. The van der Waals surface area contributed by atoms with Crippen molar-refractivity contribution in [3.63, 3.8) is 0 Å². The molecule has 0 aromatic carbocycles. The molecule has 0 fully saturated rings. The summed E-state index contributed by atoms with van der Waals surface area (Å²) in [6.07, 6.45) is 21.2. The van der Waals surface area contributed by atoms with Crippen LogP contribution >= 0.6 is 51.4 Å². The van der Waals surface area contributed by atoms with E-state index in [1.54, 1.807) is 9.83 Å². The van der Waals surface area contributed by atoms with E-state index >= 15 is 0 Å². The molecule has 0 saturated carbocycles. The van der Waals surface area contributed by atoms with Crippen LogP contribution in [0.15, 0.2) is 0 Å². The normalized spacial score (nSPS) is 10.9. The molecule has 0 aliphatic rings. The average Bonchev–Trinajstić information content (AvgIpc) is 2.76. The maximum absolute atomic E-state index is 11.8. The summed E-state index contributed by atoms with van der Waals surface area (Å²) in [5.74, 6) is 0.223. The third kappa shape index (κ3) is 26.8. The lowest BCUT2D eigenvalue weighted by molar-refractivity contribution is -0.120. The van der Waals surface area contributed by atoms with Gasteiger partial charge < -0.3 is 0 Å². The first-order chi connectivity index (χ1) is 15.2. The van der Waals surface area contributed by atoms with Crippen molar-refractivity contribution in [1.29, 1.82) is 0 Å². The van der Waals surface area contributed by atoms with Crippen LogP contribution in [0.3, 0.4) is 0 Å². The number of carbonyl (C=O) groups is 2. The first-order valence-electron chi connectivity index (χ1n) is 12.1. The van der Waals surface area contributed by atoms with E-state index in [1.165, 1.54) is 119 Å². The standard InChI is InChI=1S/C22H44N2O2S5/c1-3-5-7-9-11-13-15-17-19-21(25)23-27-29-31-30-28-24-22(26)20-18-16-14-12-10-8-6-4-2/h3-20H2,1-2H3,(H,23,25)(H,24,26). The van der Waals surface area contributed by atoms with Crippen molar-refractivity contribution in [2.75, 3.05) is 0 Å². The summed E-state index contributed by atoms with van der Waals surface area (Å²) >= 11 is 0. The Morgan fingerprint density at radius 3 is 1.16 bits per heavy atom. The van der Waals surface area contributed by atoms with Gasteiger partial charge in [-0.3, -0.25) is 19.0 Å². The van der Waals surface area contributed by atoms with Crippen LogP contribution in [-0.2, 0) is 9.59 Å². The number of hydrogen-bond acceptors (Lipinski definition) is 7. The van der Waals surface area contributed by atoms with Crippen molar-refractivity contribution in [2.45, 2.75) is 129 Å². The van der Waals surface area contributed by atoms with E-state index < -0.39 is 0 Å². The van der Waals surface area contributed by atoms with Gasteiger partial charge >= 0.3 is 0 Å². The molecule has 9 heteroatoms. The highest BCUT2D eigenvalue weighted by Crippen LogP contribution is 2.46. The van der Waals surface area contributed by atoms with Crippen molar-refractivity contribution in [3.8, 4) is 0 Å². The number of carbonyl (C=O) groups excluding carboxylic acids is 2. The van der Waals surface area contributed by atoms with Crippen LogP contribution in [0, 0.1) is 0 Å². The first-order valence-corrected chi connectivity index (χ1v) is 18.3. The van der Waals surface area contributed by atoms with Gasteiger partial charge in [0.15, 0.2) is 0 Å². The minimum atomic E-state index is 0.111. The first kappa shape index (κ1) is 31.7. The summed E-state index contributed by atoms with van der Waals surface area (Å²) in [5, 5.41) is 0. The Kier molecular flexibility index (Phi) is 27.5. The Labute approximate surface area is 210 Å². The van der Waals surface area contributed by atoms with Crippen molar-refractivity contribution < 1.29 is 9.59 Å². The van der Waals surface area contributed by atoms with Gasteiger partial charge in [0.2, 0.25) is 11.8 Å². The molecule has 184 valence electrons. The Hall–Kier alpha value is 0.690. The van der Waals surface area contributed by atoms with Crippen molar-refractivity contribution in [1.82, 2.24) is 9.44 Å². The average molecular weight is 529 g/mol. The quantitative estimate of drug-likeness (QED) is 0.0734. The summed E-state index contributed by atoms with van der Waals surface area (Å²) in [4.78, 5) is 23.6. The summed E-state index contributed by atoms with van der Waals surface area (Å²) in [5.41, 5.74) is 0. The fourth-order valence-corrected chi connectivity index (χ4v) is 9.91. The van der Waals surface area contributed by atoms with E-state index in [-0.39, 0.29) is 11.8 Å². The molecule has 2 N–H and O–H groups in total. The summed E-state index contributed by atoms with van der Waals surface area (Å²) in [6, 6.07) is 0. The molecular formula is C22H44N2O2S5. The van der Waals surface area contributed by atoms with E-state index in [4.69, 9.17) is 0 Å². The Morgan fingerprint density at radius 2 is 0.806 bits per heavy atom. The minimum Gasteiger partial charge on any atom is -0.290 e. The van der Waals surface area contributed by atoms with Gasteiger partial charge in [-0.15, -0.1) is 0 Å². The SMILES string of the molecule is CCCCCCCCCCC(=O)NSSSSSNC(=O)CCCCCCCCCC. The van der Waals surface area contributed by atoms with Gasteiger partial charge in [0.25, 0.3) is 0 Å². The fraction of sp³-hybridized carbons (Fsp3) is 0.909. The molecule has 31 heavy (non-hydrogen) atoms. The molecule has 0 saturated heterocycles. The minimum absolute atomic E-state index is 0.111. The second kappa shape index (κ2) is 26.9. The number of unbranched alkanes of at least 4 members (excludes halogenated alkanes) is 14. The van der Waals surface area contributed by atoms with Crippen LogP contribution in [0.25, 0.3) is 0 Å². The zero-order valence-electron chi connectivity index (χ0n) is 19.6. The summed E-state index contributed by atoms with van der Waals surface area (Å²) < 4.78 is 5.73. The molecule has 0 heterocycles. The van der Waals surface area contributed by atoms with E-state index in [1.807, 2.05) is 0 Å². The van der Waals surface area contributed by atoms with E-state index in [9.17, 15) is 9.59 Å². The molecule has 0 aromatic heterocycles. The lowest BCUT2D eigenvalue weighted by Gasteiger charge is -2.04.